The summed E-state index contributed by atoms with van der Waals surface area (Å²) in [5.41, 5.74) is 0.788. The molecule has 0 spiro atoms. The van der Waals surface area contributed by atoms with Crippen LogP contribution in [0.3, 0.4) is 0 Å². The van der Waals surface area contributed by atoms with Crippen LogP contribution >= 0.6 is 23.2 Å². The van der Waals surface area contributed by atoms with Crippen molar-refractivity contribution >= 4 is 39.8 Å². The molecule has 4 nitrogen and oxygen atoms in total. The minimum absolute atomic E-state index is 0.128. The quantitative estimate of drug-likeness (QED) is 0.699. The van der Waals surface area contributed by atoms with Gasteiger partial charge in [0.25, 0.3) is 0 Å². The van der Waals surface area contributed by atoms with Gasteiger partial charge in [-0.25, -0.2) is 9.97 Å². The lowest BCUT2D eigenvalue weighted by Gasteiger charge is -2.11. The molecule has 2 N–H and O–H groups in total. The maximum absolute atomic E-state index is 10.2. The number of fused-ring (bicyclic) bond motifs is 1. The first kappa shape index (κ1) is 14.9. The highest BCUT2D eigenvalue weighted by Crippen LogP contribution is 2.35. The highest BCUT2D eigenvalue weighted by Gasteiger charge is 2.10. The first-order chi connectivity index (χ1) is 10.6. The summed E-state index contributed by atoms with van der Waals surface area (Å²) in [6, 6.07) is 11.3. The van der Waals surface area contributed by atoms with Crippen LogP contribution in [-0.2, 0) is 6.42 Å². The summed E-state index contributed by atoms with van der Waals surface area (Å²) in [4.78, 5) is 7.89. The maximum Gasteiger partial charge on any atom is 0.138 e. The highest BCUT2D eigenvalue weighted by molar-refractivity contribution is 6.37. The minimum atomic E-state index is 0.128. The highest BCUT2D eigenvalue weighted by atomic mass is 35.5. The van der Waals surface area contributed by atoms with Gasteiger partial charge in [0.05, 0.1) is 5.02 Å². The van der Waals surface area contributed by atoms with E-state index < -0.39 is 0 Å². The van der Waals surface area contributed by atoms with E-state index in [0.29, 0.717) is 29.0 Å². The number of hydrogen-bond donors (Lipinski definition) is 2. The summed E-state index contributed by atoms with van der Waals surface area (Å²) in [6.45, 7) is 0.593. The fourth-order valence-corrected chi connectivity index (χ4v) is 2.73. The molecule has 3 rings (SSSR count). The number of phenols is 1. The first-order valence-corrected chi connectivity index (χ1v) is 7.51. The predicted molar refractivity (Wildman–Crippen MR) is 89.9 cm³/mol. The van der Waals surface area contributed by atoms with Crippen molar-refractivity contribution < 1.29 is 5.11 Å². The summed E-state index contributed by atoms with van der Waals surface area (Å²) >= 11 is 12.0. The Morgan fingerprint density at radius 1 is 1.09 bits per heavy atom. The SMILES string of the molecule is Oc1c(CCNc2cc(Cl)ncn2)cc2ccccc2c1Cl. The Bertz CT molecular complexity index is 824. The number of anilines is 1. The van der Waals surface area contributed by atoms with E-state index in [9.17, 15) is 5.11 Å². The first-order valence-electron chi connectivity index (χ1n) is 6.75. The topological polar surface area (TPSA) is 58.0 Å². The molecule has 3 aromatic rings. The van der Waals surface area contributed by atoms with Crippen LogP contribution in [-0.4, -0.2) is 21.6 Å². The lowest BCUT2D eigenvalue weighted by atomic mass is 10.0. The molecule has 0 saturated carbocycles. The van der Waals surface area contributed by atoms with Gasteiger partial charge in [-0.3, -0.25) is 0 Å². The lowest BCUT2D eigenvalue weighted by molar-refractivity contribution is 0.469. The van der Waals surface area contributed by atoms with Gasteiger partial charge < -0.3 is 10.4 Å². The number of hydrogen-bond acceptors (Lipinski definition) is 4. The zero-order valence-electron chi connectivity index (χ0n) is 11.6. The van der Waals surface area contributed by atoms with E-state index in [1.165, 1.54) is 6.33 Å². The molecular formula is C16H13Cl2N3O. The second-order valence-electron chi connectivity index (χ2n) is 4.82. The van der Waals surface area contributed by atoms with Gasteiger partial charge in [-0.1, -0.05) is 47.5 Å². The Hall–Kier alpha value is -2.04. The Balaban J connectivity index is 1.78. The second kappa shape index (κ2) is 6.38. The third-order valence-electron chi connectivity index (χ3n) is 3.37. The molecule has 22 heavy (non-hydrogen) atoms. The number of nitrogens with one attached hydrogen (secondary N) is 1. The summed E-state index contributed by atoms with van der Waals surface area (Å²) in [6.07, 6.45) is 2.01. The third-order valence-corrected chi connectivity index (χ3v) is 3.96. The van der Waals surface area contributed by atoms with Crippen LogP contribution in [0, 0.1) is 0 Å². The Morgan fingerprint density at radius 2 is 1.91 bits per heavy atom. The van der Waals surface area contributed by atoms with E-state index in [1.54, 1.807) is 6.07 Å². The van der Waals surface area contributed by atoms with Gasteiger partial charge in [-0.05, 0) is 23.4 Å². The van der Waals surface area contributed by atoms with Gasteiger partial charge in [-0.2, -0.15) is 0 Å². The number of nitrogens with zero attached hydrogens (tertiary/aromatic N) is 2. The lowest BCUT2D eigenvalue weighted by Crippen LogP contribution is -2.06. The van der Waals surface area contributed by atoms with Crippen molar-refractivity contribution in [3.8, 4) is 5.75 Å². The van der Waals surface area contributed by atoms with Crippen LogP contribution in [0.15, 0.2) is 42.7 Å². The van der Waals surface area contributed by atoms with Gasteiger partial charge in [0.15, 0.2) is 0 Å². The van der Waals surface area contributed by atoms with E-state index in [0.717, 1.165) is 16.3 Å². The predicted octanol–water partition coefficient (Wildman–Crippen LogP) is 4.30. The number of aromatic hydroxyl groups is 1. The van der Waals surface area contributed by atoms with Crippen molar-refractivity contribution in [2.45, 2.75) is 6.42 Å². The molecule has 112 valence electrons. The number of benzene rings is 2. The van der Waals surface area contributed by atoms with E-state index in [2.05, 4.69) is 15.3 Å². The normalized spacial score (nSPS) is 10.8. The molecule has 1 heterocycles. The number of halogens is 2. The van der Waals surface area contributed by atoms with E-state index in [4.69, 9.17) is 23.2 Å². The van der Waals surface area contributed by atoms with Gasteiger partial charge >= 0.3 is 0 Å². The Kier molecular flexibility index (Phi) is 4.32. The van der Waals surface area contributed by atoms with Crippen LogP contribution in [0.4, 0.5) is 5.82 Å². The second-order valence-corrected chi connectivity index (χ2v) is 5.59. The molecule has 0 bridgehead atoms. The molecule has 0 fully saturated rings. The molecule has 0 aliphatic rings. The standard InChI is InChI=1S/C16H13Cl2N3O/c17-13-8-14(21-9-20-13)19-6-5-11-7-10-3-1-2-4-12(10)15(18)16(11)22/h1-4,7-9,22H,5-6H2,(H,19,20,21). The fourth-order valence-electron chi connectivity index (χ4n) is 2.29. The summed E-state index contributed by atoms with van der Waals surface area (Å²) in [7, 11) is 0. The third kappa shape index (κ3) is 3.08. The molecular weight excluding hydrogens is 321 g/mol. The smallest absolute Gasteiger partial charge is 0.138 e. The number of rotatable bonds is 4. The zero-order valence-corrected chi connectivity index (χ0v) is 13.1. The van der Waals surface area contributed by atoms with Crippen LogP contribution < -0.4 is 5.32 Å². The molecule has 0 amide bonds. The Labute approximate surface area is 137 Å². The number of aromatic nitrogens is 2. The summed E-state index contributed by atoms with van der Waals surface area (Å²) in [5, 5.41) is 16.0. The van der Waals surface area contributed by atoms with Crippen molar-refractivity contribution in [3.63, 3.8) is 0 Å². The van der Waals surface area contributed by atoms with Crippen LogP contribution in [0.5, 0.6) is 5.75 Å². The van der Waals surface area contributed by atoms with E-state index in [1.807, 2.05) is 30.3 Å². The molecule has 1 aromatic heterocycles. The van der Waals surface area contributed by atoms with Gasteiger partial charge in [-0.15, -0.1) is 0 Å². The van der Waals surface area contributed by atoms with Crippen molar-refractivity contribution in [1.29, 1.82) is 0 Å². The van der Waals surface area contributed by atoms with E-state index >= 15 is 0 Å². The molecule has 0 saturated heterocycles. The van der Waals surface area contributed by atoms with Crippen molar-refractivity contribution in [2.75, 3.05) is 11.9 Å². The molecule has 0 radical (unpaired) electrons. The minimum Gasteiger partial charge on any atom is -0.506 e. The van der Waals surface area contributed by atoms with Crippen molar-refractivity contribution in [1.82, 2.24) is 9.97 Å². The summed E-state index contributed by atoms with van der Waals surface area (Å²) in [5.74, 6) is 0.772. The van der Waals surface area contributed by atoms with Crippen molar-refractivity contribution in [3.05, 3.63) is 58.5 Å². The van der Waals surface area contributed by atoms with Gasteiger partial charge in [0.2, 0.25) is 0 Å². The maximum atomic E-state index is 10.2. The van der Waals surface area contributed by atoms with Gasteiger partial charge in [0, 0.05) is 18.0 Å². The van der Waals surface area contributed by atoms with Crippen LogP contribution in [0.1, 0.15) is 5.56 Å². The average Bonchev–Trinajstić information content (AvgIpc) is 2.52. The van der Waals surface area contributed by atoms with Crippen molar-refractivity contribution in [2.24, 2.45) is 0 Å². The average molecular weight is 334 g/mol. The number of phenolic OH excluding ortho intramolecular Hbond substituents is 1. The molecule has 0 aliphatic heterocycles. The largest absolute Gasteiger partial charge is 0.506 e. The molecule has 6 heteroatoms. The molecule has 0 unspecified atom stereocenters. The molecule has 0 atom stereocenters. The monoisotopic (exact) mass is 333 g/mol. The van der Waals surface area contributed by atoms with Gasteiger partial charge in [0.1, 0.15) is 23.0 Å². The summed E-state index contributed by atoms with van der Waals surface area (Å²) < 4.78 is 0. The molecule has 0 aliphatic carbocycles. The fraction of sp³-hybridized carbons (Fsp3) is 0.125. The zero-order chi connectivity index (χ0) is 15.5. The Morgan fingerprint density at radius 3 is 2.73 bits per heavy atom. The molecule has 2 aromatic carbocycles. The van der Waals surface area contributed by atoms with Crippen LogP contribution in [0.25, 0.3) is 10.8 Å². The van der Waals surface area contributed by atoms with Crippen LogP contribution in [0.2, 0.25) is 10.2 Å². The van der Waals surface area contributed by atoms with E-state index in [-0.39, 0.29) is 5.75 Å².